The molecule has 5 heteroatoms. The molecule has 3 aliphatic heterocycles. The maximum absolute atomic E-state index is 6.20. The van der Waals surface area contributed by atoms with E-state index in [1.165, 1.54) is 36.0 Å². The molecule has 2 aromatic carbocycles. The molecular weight excluding hydrogens is 416 g/mol. The van der Waals surface area contributed by atoms with Crippen LogP contribution in [0.15, 0.2) is 42.5 Å². The van der Waals surface area contributed by atoms with Crippen molar-refractivity contribution in [2.75, 3.05) is 26.4 Å². The fourth-order valence-electron chi connectivity index (χ4n) is 5.09. The zero-order valence-corrected chi connectivity index (χ0v) is 19.6. The molecule has 0 spiro atoms. The van der Waals surface area contributed by atoms with Crippen LogP contribution in [-0.4, -0.2) is 50.8 Å². The van der Waals surface area contributed by atoms with Crippen LogP contribution >= 0.6 is 0 Å². The molecule has 5 atom stereocenters. The average Bonchev–Trinajstić information content (AvgIpc) is 3.68. The van der Waals surface area contributed by atoms with Gasteiger partial charge in [0.1, 0.15) is 36.9 Å². The minimum Gasteiger partial charge on any atom is -0.491 e. The molecule has 2 aromatic rings. The summed E-state index contributed by atoms with van der Waals surface area (Å²) in [6, 6.07) is 15.3. The largest absolute Gasteiger partial charge is 0.491 e. The second-order valence-corrected chi connectivity index (χ2v) is 10.6. The summed E-state index contributed by atoms with van der Waals surface area (Å²) in [5.74, 6) is 2.57. The van der Waals surface area contributed by atoms with E-state index in [2.05, 4.69) is 56.3 Å². The first-order valence-corrected chi connectivity index (χ1v) is 12.4. The quantitative estimate of drug-likeness (QED) is 0.492. The lowest BCUT2D eigenvalue weighted by Crippen LogP contribution is -2.20. The summed E-state index contributed by atoms with van der Waals surface area (Å²) < 4.78 is 28.4. The number of fused-ring (bicyclic) bond motifs is 1. The fourth-order valence-corrected chi connectivity index (χ4v) is 5.09. The van der Waals surface area contributed by atoms with Crippen molar-refractivity contribution in [1.82, 2.24) is 0 Å². The Kier molecular flexibility index (Phi) is 5.60. The number of hydrogen-bond acceptors (Lipinski definition) is 5. The van der Waals surface area contributed by atoms with Crippen LogP contribution in [-0.2, 0) is 26.0 Å². The van der Waals surface area contributed by atoms with Crippen LogP contribution in [0.5, 0.6) is 11.5 Å². The molecule has 4 fully saturated rings. The Balaban J connectivity index is 1.21. The Morgan fingerprint density at radius 1 is 0.848 bits per heavy atom. The van der Waals surface area contributed by atoms with E-state index in [9.17, 15) is 0 Å². The smallest absolute Gasteiger partial charge is 0.122 e. The lowest BCUT2D eigenvalue weighted by atomic mass is 9.76. The number of epoxide rings is 3. The van der Waals surface area contributed by atoms with Crippen molar-refractivity contribution in [3.8, 4) is 11.5 Å². The first kappa shape index (κ1) is 21.5. The van der Waals surface area contributed by atoms with Gasteiger partial charge in [-0.3, -0.25) is 0 Å². The molecule has 1 saturated carbocycles. The van der Waals surface area contributed by atoms with Crippen molar-refractivity contribution in [3.05, 3.63) is 59.2 Å². The van der Waals surface area contributed by atoms with Gasteiger partial charge in [-0.1, -0.05) is 38.1 Å². The molecule has 3 saturated heterocycles. The highest BCUT2D eigenvalue weighted by Gasteiger charge is 2.43. The van der Waals surface area contributed by atoms with Gasteiger partial charge in [-0.05, 0) is 66.5 Å². The van der Waals surface area contributed by atoms with Gasteiger partial charge in [-0.25, -0.2) is 0 Å². The fraction of sp³-hybridized carbons (Fsp3) is 0.571. The Hall–Kier alpha value is -2.08. The van der Waals surface area contributed by atoms with Crippen LogP contribution in [0.4, 0.5) is 0 Å². The van der Waals surface area contributed by atoms with Gasteiger partial charge in [0.2, 0.25) is 0 Å². The lowest BCUT2D eigenvalue weighted by Gasteiger charge is -2.28. The van der Waals surface area contributed by atoms with E-state index >= 15 is 0 Å². The van der Waals surface area contributed by atoms with Gasteiger partial charge < -0.3 is 23.7 Å². The normalized spacial score (nSPS) is 29.8. The van der Waals surface area contributed by atoms with Gasteiger partial charge in [0.05, 0.1) is 25.4 Å². The number of ether oxygens (including phenoxy) is 5. The van der Waals surface area contributed by atoms with E-state index in [0.717, 1.165) is 31.1 Å². The Morgan fingerprint density at radius 3 is 2.24 bits per heavy atom. The van der Waals surface area contributed by atoms with Crippen LogP contribution in [0.1, 0.15) is 49.8 Å². The molecule has 0 radical (unpaired) electrons. The van der Waals surface area contributed by atoms with Gasteiger partial charge >= 0.3 is 0 Å². The summed E-state index contributed by atoms with van der Waals surface area (Å²) >= 11 is 0. The molecule has 0 aromatic heterocycles. The van der Waals surface area contributed by atoms with Crippen LogP contribution < -0.4 is 9.47 Å². The summed E-state index contributed by atoms with van der Waals surface area (Å²) in [5, 5.41) is 0. The minimum absolute atomic E-state index is 0.123. The Labute approximate surface area is 196 Å². The van der Waals surface area contributed by atoms with Crippen LogP contribution in [0.3, 0.4) is 0 Å². The SMILES string of the molecule is CC(C)(c1ccc(OCC2CO2)cc1)c1ccc(OCC2CO2)c(CC2CCC3OC3C2)c1. The molecule has 1 aliphatic carbocycles. The van der Waals surface area contributed by atoms with Crippen molar-refractivity contribution in [2.45, 2.75) is 69.4 Å². The predicted octanol–water partition coefficient (Wildman–Crippen LogP) is 4.68. The molecule has 6 rings (SSSR count). The van der Waals surface area contributed by atoms with E-state index in [1.807, 2.05) is 0 Å². The number of rotatable bonds is 10. The molecule has 4 aliphatic rings. The second-order valence-electron chi connectivity index (χ2n) is 10.6. The summed E-state index contributed by atoms with van der Waals surface area (Å²) in [5.41, 5.74) is 3.77. The predicted molar refractivity (Wildman–Crippen MR) is 125 cm³/mol. The maximum Gasteiger partial charge on any atom is 0.122 e. The van der Waals surface area contributed by atoms with Gasteiger partial charge in [0, 0.05) is 5.41 Å². The van der Waals surface area contributed by atoms with Gasteiger partial charge in [0.15, 0.2) is 0 Å². The molecular formula is C28H34O5. The van der Waals surface area contributed by atoms with Crippen molar-refractivity contribution < 1.29 is 23.7 Å². The zero-order valence-electron chi connectivity index (χ0n) is 19.6. The molecule has 5 unspecified atom stereocenters. The highest BCUT2D eigenvalue weighted by molar-refractivity contribution is 5.45. The maximum atomic E-state index is 6.20. The first-order valence-electron chi connectivity index (χ1n) is 12.4. The summed E-state index contributed by atoms with van der Waals surface area (Å²) in [6.07, 6.45) is 6.24. The van der Waals surface area contributed by atoms with Crippen molar-refractivity contribution in [3.63, 3.8) is 0 Å². The molecule has 176 valence electrons. The minimum atomic E-state index is -0.123. The standard InChI is InChI=1S/C28H34O5/c1-28(2,20-4-7-22(8-5-20)29-14-23-15-30-23)21-6-10-25(32-17-24-16-31-24)19(13-21)11-18-3-9-26-27(12-18)33-26/h4-8,10,13,18,23-24,26-27H,3,9,11-12,14-17H2,1-2H3. The lowest BCUT2D eigenvalue weighted by molar-refractivity contribution is 0.259. The van der Waals surface area contributed by atoms with Crippen molar-refractivity contribution in [1.29, 1.82) is 0 Å². The van der Waals surface area contributed by atoms with Crippen LogP contribution in [0.25, 0.3) is 0 Å². The van der Waals surface area contributed by atoms with E-state index in [0.29, 0.717) is 31.3 Å². The van der Waals surface area contributed by atoms with Gasteiger partial charge in [-0.2, -0.15) is 0 Å². The molecule has 0 amide bonds. The third kappa shape index (κ3) is 5.06. The topological polar surface area (TPSA) is 56.0 Å². The molecule has 0 N–H and O–H groups in total. The number of hydrogen-bond donors (Lipinski definition) is 0. The van der Waals surface area contributed by atoms with Crippen molar-refractivity contribution in [2.24, 2.45) is 5.92 Å². The summed E-state index contributed by atoms with van der Waals surface area (Å²) in [6.45, 7) is 7.49. The molecule has 3 heterocycles. The average molecular weight is 451 g/mol. The molecule has 0 bridgehead atoms. The van der Waals surface area contributed by atoms with Crippen LogP contribution in [0, 0.1) is 5.92 Å². The summed E-state index contributed by atoms with van der Waals surface area (Å²) in [7, 11) is 0. The highest BCUT2D eigenvalue weighted by atomic mass is 16.6. The monoisotopic (exact) mass is 450 g/mol. The Morgan fingerprint density at radius 2 is 1.55 bits per heavy atom. The van der Waals surface area contributed by atoms with Gasteiger partial charge in [0.25, 0.3) is 0 Å². The van der Waals surface area contributed by atoms with E-state index in [-0.39, 0.29) is 17.6 Å². The van der Waals surface area contributed by atoms with Crippen LogP contribution in [0.2, 0.25) is 0 Å². The number of benzene rings is 2. The van der Waals surface area contributed by atoms with E-state index in [4.69, 9.17) is 23.7 Å². The first-order chi connectivity index (χ1) is 16.0. The Bertz CT molecular complexity index is 976. The molecule has 5 nitrogen and oxygen atoms in total. The zero-order chi connectivity index (χ0) is 22.4. The highest BCUT2D eigenvalue weighted by Crippen LogP contribution is 2.42. The van der Waals surface area contributed by atoms with Crippen molar-refractivity contribution >= 4 is 0 Å². The second kappa shape index (κ2) is 8.61. The summed E-state index contributed by atoms with van der Waals surface area (Å²) in [4.78, 5) is 0. The third-order valence-electron chi connectivity index (χ3n) is 7.64. The van der Waals surface area contributed by atoms with E-state index < -0.39 is 0 Å². The third-order valence-corrected chi connectivity index (χ3v) is 7.64. The molecule has 33 heavy (non-hydrogen) atoms. The van der Waals surface area contributed by atoms with E-state index in [1.54, 1.807) is 0 Å². The van der Waals surface area contributed by atoms with Gasteiger partial charge in [-0.15, -0.1) is 0 Å².